The molecule has 0 aliphatic rings. The van der Waals surface area contributed by atoms with Crippen LogP contribution < -0.4 is 9.47 Å². The molecule has 0 spiro atoms. The smallest absolute Gasteiger partial charge is 0.224 e. The highest BCUT2D eigenvalue weighted by Gasteiger charge is 2.12. The van der Waals surface area contributed by atoms with Crippen LogP contribution in [0.1, 0.15) is 19.5 Å². The van der Waals surface area contributed by atoms with Gasteiger partial charge in [-0.1, -0.05) is 12.1 Å². The lowest BCUT2D eigenvalue weighted by Crippen LogP contribution is -2.05. The van der Waals surface area contributed by atoms with Gasteiger partial charge in [0.15, 0.2) is 0 Å². The van der Waals surface area contributed by atoms with Crippen LogP contribution in [-0.4, -0.2) is 23.2 Å². The normalized spacial score (nSPS) is 10.6. The lowest BCUT2D eigenvalue weighted by molar-refractivity contribution is 0.242. The zero-order valence-corrected chi connectivity index (χ0v) is 11.7. The van der Waals surface area contributed by atoms with Gasteiger partial charge in [-0.25, -0.2) is 9.97 Å². The number of hydrogen-bond donors (Lipinski definition) is 0. The molecule has 1 heterocycles. The maximum atomic E-state index is 5.71. The molecular weight excluding hydrogens is 240 g/mol. The van der Waals surface area contributed by atoms with Crippen LogP contribution in [0.2, 0.25) is 0 Å². The van der Waals surface area contributed by atoms with Crippen molar-refractivity contribution in [3.05, 3.63) is 36.3 Å². The van der Waals surface area contributed by atoms with Gasteiger partial charge in [0.05, 0.1) is 24.5 Å². The minimum Gasteiger partial charge on any atom is -0.491 e. The van der Waals surface area contributed by atoms with Crippen LogP contribution in [0.25, 0.3) is 11.1 Å². The highest BCUT2D eigenvalue weighted by atomic mass is 16.5. The standard InChI is InChI=1S/C15H18N2O2/c1-10(2)19-13-7-5-6-12(8-13)14-11(3)16-9-17-15(14)18-4/h5-10H,1-4H3. The van der Waals surface area contributed by atoms with Crippen molar-refractivity contribution in [1.29, 1.82) is 0 Å². The van der Waals surface area contributed by atoms with Crippen molar-refractivity contribution >= 4 is 0 Å². The van der Waals surface area contributed by atoms with Crippen LogP contribution in [0.3, 0.4) is 0 Å². The molecule has 4 nitrogen and oxygen atoms in total. The summed E-state index contributed by atoms with van der Waals surface area (Å²) in [6.07, 6.45) is 1.65. The summed E-state index contributed by atoms with van der Waals surface area (Å²) in [5.41, 5.74) is 2.78. The maximum absolute atomic E-state index is 5.71. The van der Waals surface area contributed by atoms with Crippen LogP contribution in [-0.2, 0) is 0 Å². The summed E-state index contributed by atoms with van der Waals surface area (Å²) in [5, 5.41) is 0. The zero-order valence-electron chi connectivity index (χ0n) is 11.7. The summed E-state index contributed by atoms with van der Waals surface area (Å²) >= 11 is 0. The van der Waals surface area contributed by atoms with Crippen molar-refractivity contribution in [2.24, 2.45) is 0 Å². The van der Waals surface area contributed by atoms with Gasteiger partial charge in [0, 0.05) is 0 Å². The summed E-state index contributed by atoms with van der Waals surface area (Å²) in [6, 6.07) is 7.88. The summed E-state index contributed by atoms with van der Waals surface area (Å²) in [6.45, 7) is 5.95. The summed E-state index contributed by atoms with van der Waals surface area (Å²) in [5.74, 6) is 1.41. The van der Waals surface area contributed by atoms with Crippen molar-refractivity contribution in [3.8, 4) is 22.8 Å². The van der Waals surface area contributed by atoms with Gasteiger partial charge in [-0.3, -0.25) is 0 Å². The van der Waals surface area contributed by atoms with Crippen molar-refractivity contribution in [1.82, 2.24) is 9.97 Å². The Bertz CT molecular complexity index is 568. The molecule has 1 aromatic heterocycles. The van der Waals surface area contributed by atoms with E-state index in [1.807, 2.05) is 45.0 Å². The van der Waals surface area contributed by atoms with E-state index in [0.29, 0.717) is 5.88 Å². The number of benzene rings is 1. The van der Waals surface area contributed by atoms with Crippen molar-refractivity contribution < 1.29 is 9.47 Å². The lowest BCUT2D eigenvalue weighted by Gasteiger charge is -2.13. The third kappa shape index (κ3) is 3.02. The Balaban J connectivity index is 2.47. The molecule has 2 aromatic rings. The van der Waals surface area contributed by atoms with Gasteiger partial charge >= 0.3 is 0 Å². The minimum absolute atomic E-state index is 0.144. The molecule has 4 heteroatoms. The van der Waals surface area contributed by atoms with E-state index in [4.69, 9.17) is 9.47 Å². The first kappa shape index (κ1) is 13.3. The molecular formula is C15H18N2O2. The fraction of sp³-hybridized carbons (Fsp3) is 0.333. The Morgan fingerprint density at radius 2 is 1.95 bits per heavy atom. The average Bonchev–Trinajstić information content (AvgIpc) is 2.37. The topological polar surface area (TPSA) is 44.2 Å². The molecule has 0 aliphatic carbocycles. The van der Waals surface area contributed by atoms with Gasteiger partial charge in [-0.2, -0.15) is 0 Å². The summed E-state index contributed by atoms with van der Waals surface area (Å²) in [7, 11) is 1.61. The van der Waals surface area contributed by atoms with E-state index in [0.717, 1.165) is 22.6 Å². The molecule has 0 unspecified atom stereocenters. The highest BCUT2D eigenvalue weighted by molar-refractivity contribution is 5.71. The SMILES string of the molecule is COc1ncnc(C)c1-c1cccc(OC(C)C)c1. The van der Waals surface area contributed by atoms with Gasteiger partial charge in [0.2, 0.25) is 5.88 Å². The predicted molar refractivity (Wildman–Crippen MR) is 74.5 cm³/mol. The van der Waals surface area contributed by atoms with Crippen molar-refractivity contribution in [2.75, 3.05) is 7.11 Å². The number of aromatic nitrogens is 2. The largest absolute Gasteiger partial charge is 0.491 e. The Labute approximate surface area is 113 Å². The second kappa shape index (κ2) is 5.69. The van der Waals surface area contributed by atoms with E-state index in [1.54, 1.807) is 7.11 Å². The molecule has 100 valence electrons. The molecule has 0 radical (unpaired) electrons. The zero-order chi connectivity index (χ0) is 13.8. The fourth-order valence-corrected chi connectivity index (χ4v) is 1.94. The molecule has 0 amide bonds. The van der Waals surface area contributed by atoms with E-state index in [1.165, 1.54) is 6.33 Å². The minimum atomic E-state index is 0.144. The van der Waals surface area contributed by atoms with E-state index >= 15 is 0 Å². The quantitative estimate of drug-likeness (QED) is 0.844. The monoisotopic (exact) mass is 258 g/mol. The Kier molecular flexibility index (Phi) is 4.00. The van der Waals surface area contributed by atoms with Crippen LogP contribution in [0, 0.1) is 6.92 Å². The number of aryl methyl sites for hydroxylation is 1. The highest BCUT2D eigenvalue weighted by Crippen LogP contribution is 2.32. The molecule has 19 heavy (non-hydrogen) atoms. The average molecular weight is 258 g/mol. The van der Waals surface area contributed by atoms with E-state index in [9.17, 15) is 0 Å². The first-order valence-electron chi connectivity index (χ1n) is 6.24. The van der Waals surface area contributed by atoms with Crippen LogP contribution in [0.15, 0.2) is 30.6 Å². The molecule has 2 rings (SSSR count). The Hall–Kier alpha value is -2.10. The fourth-order valence-electron chi connectivity index (χ4n) is 1.94. The molecule has 1 aromatic carbocycles. The summed E-state index contributed by atoms with van der Waals surface area (Å²) in [4.78, 5) is 8.37. The lowest BCUT2D eigenvalue weighted by atomic mass is 10.1. The number of hydrogen-bond acceptors (Lipinski definition) is 4. The van der Waals surface area contributed by atoms with Gasteiger partial charge in [-0.05, 0) is 38.5 Å². The van der Waals surface area contributed by atoms with Crippen molar-refractivity contribution in [2.45, 2.75) is 26.9 Å². The maximum Gasteiger partial charge on any atom is 0.224 e. The molecule has 0 saturated heterocycles. The van der Waals surface area contributed by atoms with Crippen LogP contribution in [0.5, 0.6) is 11.6 Å². The number of ether oxygens (including phenoxy) is 2. The van der Waals surface area contributed by atoms with E-state index in [-0.39, 0.29) is 6.10 Å². The third-order valence-corrected chi connectivity index (χ3v) is 2.69. The second-order valence-electron chi connectivity index (χ2n) is 4.54. The summed E-state index contributed by atoms with van der Waals surface area (Å²) < 4.78 is 11.0. The molecule has 0 atom stereocenters. The molecule has 0 aliphatic heterocycles. The predicted octanol–water partition coefficient (Wildman–Crippen LogP) is 3.25. The first-order valence-corrected chi connectivity index (χ1v) is 6.24. The van der Waals surface area contributed by atoms with Crippen LogP contribution in [0.4, 0.5) is 0 Å². The van der Waals surface area contributed by atoms with E-state index in [2.05, 4.69) is 9.97 Å². The number of rotatable bonds is 4. The molecule has 0 saturated carbocycles. The van der Waals surface area contributed by atoms with Gasteiger partial charge < -0.3 is 9.47 Å². The Morgan fingerprint density at radius 3 is 2.63 bits per heavy atom. The molecule has 0 bridgehead atoms. The first-order chi connectivity index (χ1) is 9.11. The Morgan fingerprint density at radius 1 is 1.16 bits per heavy atom. The van der Waals surface area contributed by atoms with Crippen LogP contribution >= 0.6 is 0 Å². The second-order valence-corrected chi connectivity index (χ2v) is 4.54. The van der Waals surface area contributed by atoms with Gasteiger partial charge in [-0.15, -0.1) is 0 Å². The molecule has 0 fully saturated rings. The number of nitrogens with zero attached hydrogens (tertiary/aromatic N) is 2. The van der Waals surface area contributed by atoms with Gasteiger partial charge in [0.25, 0.3) is 0 Å². The third-order valence-electron chi connectivity index (χ3n) is 2.69. The van der Waals surface area contributed by atoms with Crippen molar-refractivity contribution in [3.63, 3.8) is 0 Å². The number of methoxy groups -OCH3 is 1. The molecule has 0 N–H and O–H groups in total. The van der Waals surface area contributed by atoms with Gasteiger partial charge in [0.1, 0.15) is 12.1 Å². The van der Waals surface area contributed by atoms with E-state index < -0.39 is 0 Å².